The van der Waals surface area contributed by atoms with Crippen LogP contribution in [0.2, 0.25) is 0 Å². The molecule has 0 fully saturated rings. The van der Waals surface area contributed by atoms with Crippen molar-refractivity contribution >= 4 is 28.6 Å². The molecule has 1 aromatic heterocycles. The van der Waals surface area contributed by atoms with E-state index in [9.17, 15) is 0 Å². The van der Waals surface area contributed by atoms with Crippen LogP contribution in [-0.4, -0.2) is 33.9 Å². The number of rotatable bonds is 6. The van der Waals surface area contributed by atoms with Crippen molar-refractivity contribution in [2.24, 2.45) is 10.9 Å². The molecule has 0 atom stereocenters. The van der Waals surface area contributed by atoms with Crippen LogP contribution >= 0.6 is 11.8 Å². The van der Waals surface area contributed by atoms with E-state index in [1.807, 2.05) is 18.2 Å². The van der Waals surface area contributed by atoms with Gasteiger partial charge in [-0.3, -0.25) is 0 Å². The summed E-state index contributed by atoms with van der Waals surface area (Å²) in [5.41, 5.74) is 7.27. The van der Waals surface area contributed by atoms with Crippen LogP contribution in [0.15, 0.2) is 28.5 Å². The zero-order chi connectivity index (χ0) is 13.7. The van der Waals surface area contributed by atoms with E-state index in [1.54, 1.807) is 18.9 Å². The minimum Gasteiger partial charge on any atom is -0.497 e. The second-order valence-electron chi connectivity index (χ2n) is 3.97. The Bertz CT molecular complexity index is 582. The van der Waals surface area contributed by atoms with Crippen molar-refractivity contribution in [1.82, 2.24) is 9.97 Å². The van der Waals surface area contributed by atoms with Gasteiger partial charge in [0.25, 0.3) is 0 Å². The van der Waals surface area contributed by atoms with Crippen molar-refractivity contribution in [3.8, 4) is 5.75 Å². The Hall–Kier alpha value is -1.89. The summed E-state index contributed by atoms with van der Waals surface area (Å²) in [5.74, 6) is 1.92. The number of imidazole rings is 1. The summed E-state index contributed by atoms with van der Waals surface area (Å²) in [7, 11) is 1.64. The highest BCUT2D eigenvalue weighted by Gasteiger charge is 2.04. The molecule has 0 saturated heterocycles. The van der Waals surface area contributed by atoms with Gasteiger partial charge in [-0.15, -0.1) is 0 Å². The van der Waals surface area contributed by atoms with E-state index in [0.717, 1.165) is 34.1 Å². The third-order valence-corrected chi connectivity index (χ3v) is 3.57. The first-order valence-corrected chi connectivity index (χ1v) is 6.84. The predicted octanol–water partition coefficient (Wildman–Crippen LogP) is 2.19. The van der Waals surface area contributed by atoms with E-state index in [-0.39, 0.29) is 5.84 Å². The largest absolute Gasteiger partial charge is 0.497 e. The number of methoxy groups -OCH3 is 1. The number of H-pyrrole nitrogens is 1. The maximum absolute atomic E-state index is 8.42. The van der Waals surface area contributed by atoms with Gasteiger partial charge in [-0.05, 0) is 18.6 Å². The van der Waals surface area contributed by atoms with Crippen molar-refractivity contribution in [3.05, 3.63) is 18.2 Å². The molecule has 19 heavy (non-hydrogen) atoms. The molecule has 102 valence electrons. The van der Waals surface area contributed by atoms with Crippen molar-refractivity contribution < 1.29 is 9.94 Å². The van der Waals surface area contributed by atoms with Gasteiger partial charge in [-0.25, -0.2) is 4.98 Å². The van der Waals surface area contributed by atoms with Gasteiger partial charge in [0.2, 0.25) is 0 Å². The number of hydrogen-bond donors (Lipinski definition) is 3. The summed E-state index contributed by atoms with van der Waals surface area (Å²) in [4.78, 5) is 7.70. The number of thioether (sulfide) groups is 1. The quantitative estimate of drug-likeness (QED) is 0.188. The minimum atomic E-state index is 0.259. The molecule has 6 nitrogen and oxygen atoms in total. The lowest BCUT2D eigenvalue weighted by molar-refractivity contribution is 0.317. The third-order valence-electron chi connectivity index (χ3n) is 2.61. The normalized spacial score (nSPS) is 11.9. The maximum atomic E-state index is 8.42. The molecular weight excluding hydrogens is 264 g/mol. The smallest absolute Gasteiger partial charge is 0.166 e. The number of nitrogens with one attached hydrogen (secondary N) is 1. The fourth-order valence-electron chi connectivity index (χ4n) is 1.63. The number of aromatic amines is 1. The zero-order valence-electron chi connectivity index (χ0n) is 10.6. The lowest BCUT2D eigenvalue weighted by Crippen LogP contribution is -2.11. The van der Waals surface area contributed by atoms with Crippen LogP contribution in [0, 0.1) is 0 Å². The van der Waals surface area contributed by atoms with Gasteiger partial charge in [0.05, 0.1) is 18.1 Å². The molecule has 0 saturated carbocycles. The summed E-state index contributed by atoms with van der Waals surface area (Å²) >= 11 is 1.61. The van der Waals surface area contributed by atoms with Crippen LogP contribution in [0.25, 0.3) is 11.0 Å². The Morgan fingerprint density at radius 2 is 2.42 bits per heavy atom. The Morgan fingerprint density at radius 1 is 1.58 bits per heavy atom. The fraction of sp³-hybridized carbons (Fsp3) is 0.333. The van der Waals surface area contributed by atoms with E-state index in [2.05, 4.69) is 15.1 Å². The molecule has 2 rings (SSSR count). The molecule has 1 heterocycles. The van der Waals surface area contributed by atoms with E-state index >= 15 is 0 Å². The van der Waals surface area contributed by atoms with Gasteiger partial charge in [0.15, 0.2) is 5.16 Å². The van der Waals surface area contributed by atoms with Crippen molar-refractivity contribution in [3.63, 3.8) is 0 Å². The highest BCUT2D eigenvalue weighted by atomic mass is 32.2. The Kier molecular flexibility index (Phi) is 4.51. The first kappa shape index (κ1) is 13.5. The highest BCUT2D eigenvalue weighted by molar-refractivity contribution is 7.99. The number of aromatic nitrogens is 2. The second kappa shape index (κ2) is 6.33. The molecule has 0 unspecified atom stereocenters. The highest BCUT2D eigenvalue weighted by Crippen LogP contribution is 2.23. The third kappa shape index (κ3) is 3.54. The van der Waals surface area contributed by atoms with Crippen LogP contribution in [0.5, 0.6) is 5.75 Å². The van der Waals surface area contributed by atoms with Crippen LogP contribution in [0.1, 0.15) is 12.8 Å². The number of oxime groups is 1. The molecule has 0 spiro atoms. The van der Waals surface area contributed by atoms with Crippen molar-refractivity contribution in [2.75, 3.05) is 12.9 Å². The minimum absolute atomic E-state index is 0.259. The summed E-state index contributed by atoms with van der Waals surface area (Å²) in [6, 6.07) is 5.73. The number of fused-ring (bicyclic) bond motifs is 1. The molecular formula is C12H16N4O2S. The predicted molar refractivity (Wildman–Crippen MR) is 76.0 cm³/mol. The maximum Gasteiger partial charge on any atom is 0.166 e. The zero-order valence-corrected chi connectivity index (χ0v) is 11.4. The Balaban J connectivity index is 1.94. The summed E-state index contributed by atoms with van der Waals surface area (Å²) in [6.07, 6.45) is 1.42. The molecule has 7 heteroatoms. The van der Waals surface area contributed by atoms with Crippen molar-refractivity contribution in [1.29, 1.82) is 0 Å². The number of amidine groups is 1. The lowest BCUT2D eigenvalue weighted by Gasteiger charge is -1.97. The van der Waals surface area contributed by atoms with E-state index in [1.165, 1.54) is 0 Å². The fourth-order valence-corrected chi connectivity index (χ4v) is 2.46. The summed E-state index contributed by atoms with van der Waals surface area (Å²) in [6.45, 7) is 0. The van der Waals surface area contributed by atoms with Gasteiger partial charge in [0, 0.05) is 18.2 Å². The molecule has 0 aliphatic rings. The van der Waals surface area contributed by atoms with Gasteiger partial charge in [-0.1, -0.05) is 16.9 Å². The SMILES string of the molecule is COc1ccc2nc(SCCC/C(N)=N/O)[nH]c2c1. The Labute approximate surface area is 115 Å². The first-order valence-electron chi connectivity index (χ1n) is 5.86. The molecule has 0 aliphatic heterocycles. The van der Waals surface area contributed by atoms with E-state index in [0.29, 0.717) is 6.42 Å². The lowest BCUT2D eigenvalue weighted by atomic mass is 10.3. The van der Waals surface area contributed by atoms with Gasteiger partial charge in [0.1, 0.15) is 11.6 Å². The molecule has 0 amide bonds. The Morgan fingerprint density at radius 3 is 3.16 bits per heavy atom. The first-order chi connectivity index (χ1) is 9.22. The van der Waals surface area contributed by atoms with Gasteiger partial charge < -0.3 is 20.7 Å². The molecule has 0 radical (unpaired) electrons. The number of benzene rings is 1. The molecule has 0 aliphatic carbocycles. The van der Waals surface area contributed by atoms with Crippen LogP contribution in [0.4, 0.5) is 0 Å². The summed E-state index contributed by atoms with van der Waals surface area (Å²) in [5, 5.41) is 12.2. The van der Waals surface area contributed by atoms with E-state index in [4.69, 9.17) is 15.7 Å². The molecule has 1 aromatic carbocycles. The average Bonchev–Trinajstić information content (AvgIpc) is 2.84. The van der Waals surface area contributed by atoms with Crippen LogP contribution in [-0.2, 0) is 0 Å². The van der Waals surface area contributed by atoms with Gasteiger partial charge >= 0.3 is 0 Å². The number of nitrogens with two attached hydrogens (primary N) is 1. The van der Waals surface area contributed by atoms with Crippen LogP contribution in [0.3, 0.4) is 0 Å². The average molecular weight is 280 g/mol. The molecule has 2 aromatic rings. The molecule has 4 N–H and O–H groups in total. The number of hydrogen-bond acceptors (Lipinski definition) is 5. The second-order valence-corrected chi connectivity index (χ2v) is 5.05. The van der Waals surface area contributed by atoms with Gasteiger partial charge in [-0.2, -0.15) is 0 Å². The summed E-state index contributed by atoms with van der Waals surface area (Å²) < 4.78 is 5.16. The van der Waals surface area contributed by atoms with Crippen LogP contribution < -0.4 is 10.5 Å². The number of ether oxygens (including phenoxy) is 1. The number of nitrogens with zero attached hydrogens (tertiary/aromatic N) is 2. The standard InChI is InChI=1S/C12H16N4O2S/c1-18-8-4-5-9-10(7-8)15-12(14-9)19-6-2-3-11(13)16-17/h4-5,7,17H,2-3,6H2,1H3,(H2,13,16)(H,14,15). The van der Waals surface area contributed by atoms with E-state index < -0.39 is 0 Å². The monoisotopic (exact) mass is 280 g/mol. The topological polar surface area (TPSA) is 96.5 Å². The molecule has 0 bridgehead atoms. The van der Waals surface area contributed by atoms with Crippen molar-refractivity contribution in [2.45, 2.75) is 18.0 Å².